The number of carbonyl (C=O) groups excluding carboxylic acids is 1. The number of fused-ring (bicyclic) bond motifs is 1. The zero-order valence-electron chi connectivity index (χ0n) is 7.38. The minimum atomic E-state index is -0.0869. The van der Waals surface area contributed by atoms with Crippen LogP contribution in [0, 0.1) is 11.8 Å². The van der Waals surface area contributed by atoms with Gasteiger partial charge in [-0.05, 0) is 31.1 Å². The largest absolute Gasteiger partial charge is 0.469 e. The van der Waals surface area contributed by atoms with Crippen LogP contribution in [0.1, 0.15) is 25.7 Å². The van der Waals surface area contributed by atoms with Gasteiger partial charge in [-0.3, -0.25) is 4.79 Å². The van der Waals surface area contributed by atoms with Crippen LogP contribution in [0.4, 0.5) is 0 Å². The molecule has 0 saturated heterocycles. The number of hydrogen-bond donors (Lipinski definition) is 1. The molecule has 12 heavy (non-hydrogen) atoms. The smallest absolute Gasteiger partial charge is 0.305 e. The van der Waals surface area contributed by atoms with Crippen molar-refractivity contribution in [3.63, 3.8) is 0 Å². The van der Waals surface area contributed by atoms with E-state index in [1.54, 1.807) is 0 Å². The van der Waals surface area contributed by atoms with Gasteiger partial charge in [-0.2, -0.15) is 0 Å². The first-order valence-electron chi connectivity index (χ1n) is 4.49. The van der Waals surface area contributed by atoms with Crippen molar-refractivity contribution in [1.29, 1.82) is 0 Å². The summed E-state index contributed by atoms with van der Waals surface area (Å²) in [5, 5.41) is 0. The first-order chi connectivity index (χ1) is 5.63. The summed E-state index contributed by atoms with van der Waals surface area (Å²) >= 11 is 0. The van der Waals surface area contributed by atoms with Crippen LogP contribution in [-0.2, 0) is 9.53 Å². The highest BCUT2D eigenvalue weighted by molar-refractivity contribution is 5.69. The summed E-state index contributed by atoms with van der Waals surface area (Å²) in [4.78, 5) is 11.0. The maximum Gasteiger partial charge on any atom is 0.305 e. The molecule has 3 saturated carbocycles. The van der Waals surface area contributed by atoms with Crippen LogP contribution >= 0.6 is 0 Å². The molecule has 2 N–H and O–H groups in total. The normalized spacial score (nSPS) is 43.8. The van der Waals surface area contributed by atoms with Crippen LogP contribution in [0.25, 0.3) is 0 Å². The van der Waals surface area contributed by atoms with Crippen molar-refractivity contribution in [2.24, 2.45) is 17.6 Å². The van der Waals surface area contributed by atoms with E-state index in [1.807, 2.05) is 0 Å². The van der Waals surface area contributed by atoms with Crippen LogP contribution in [-0.4, -0.2) is 18.6 Å². The predicted octanol–water partition coefficient (Wildman–Crippen LogP) is 0.677. The van der Waals surface area contributed by atoms with E-state index in [0.717, 1.165) is 19.3 Å². The Morgan fingerprint density at radius 3 is 2.67 bits per heavy atom. The van der Waals surface area contributed by atoms with Gasteiger partial charge in [0.2, 0.25) is 0 Å². The fourth-order valence-corrected chi connectivity index (χ4v) is 2.71. The highest BCUT2D eigenvalue weighted by atomic mass is 16.5. The van der Waals surface area contributed by atoms with E-state index in [-0.39, 0.29) is 11.5 Å². The van der Waals surface area contributed by atoms with Crippen molar-refractivity contribution >= 4 is 5.97 Å². The van der Waals surface area contributed by atoms with Gasteiger partial charge in [-0.15, -0.1) is 0 Å². The Morgan fingerprint density at radius 1 is 1.58 bits per heavy atom. The van der Waals surface area contributed by atoms with Crippen molar-refractivity contribution in [1.82, 2.24) is 0 Å². The molecule has 1 atom stereocenters. The summed E-state index contributed by atoms with van der Waals surface area (Å²) in [6.07, 6.45) is 3.83. The number of nitrogens with two attached hydrogens (primary N) is 1. The van der Waals surface area contributed by atoms with Gasteiger partial charge in [-0.1, -0.05) is 0 Å². The summed E-state index contributed by atoms with van der Waals surface area (Å²) in [5.74, 6) is 1.12. The molecule has 0 aromatic carbocycles. The maximum absolute atomic E-state index is 11.0. The Labute approximate surface area is 72.3 Å². The number of esters is 1. The Bertz CT molecular complexity index is 209. The van der Waals surface area contributed by atoms with Gasteiger partial charge in [0.05, 0.1) is 7.11 Å². The molecule has 3 rings (SSSR count). The zero-order valence-corrected chi connectivity index (χ0v) is 7.38. The van der Waals surface area contributed by atoms with Crippen LogP contribution in [0.3, 0.4) is 0 Å². The van der Waals surface area contributed by atoms with Gasteiger partial charge >= 0.3 is 5.97 Å². The Hall–Kier alpha value is -0.570. The van der Waals surface area contributed by atoms with Crippen molar-refractivity contribution in [3.05, 3.63) is 0 Å². The lowest BCUT2D eigenvalue weighted by Crippen LogP contribution is -2.44. The van der Waals surface area contributed by atoms with E-state index in [4.69, 9.17) is 5.73 Å². The summed E-state index contributed by atoms with van der Waals surface area (Å²) in [6, 6.07) is 0. The SMILES string of the molecule is COC(=O)CC1CC2(N)CC1C2. The summed E-state index contributed by atoms with van der Waals surface area (Å²) in [6.45, 7) is 0. The second-order valence-electron chi connectivity index (χ2n) is 4.28. The van der Waals surface area contributed by atoms with Gasteiger partial charge in [0, 0.05) is 12.0 Å². The van der Waals surface area contributed by atoms with E-state index >= 15 is 0 Å². The second-order valence-corrected chi connectivity index (χ2v) is 4.28. The standard InChI is InChI=1S/C9H15NO2/c1-12-8(11)2-6-3-9(10)4-7(6)5-9/h6-7H,2-5,10H2,1H3. The Balaban J connectivity index is 1.88. The zero-order chi connectivity index (χ0) is 8.77. The van der Waals surface area contributed by atoms with Crippen LogP contribution < -0.4 is 5.73 Å². The van der Waals surface area contributed by atoms with Gasteiger partial charge in [0.25, 0.3) is 0 Å². The molecule has 3 aliphatic rings. The number of hydrogen-bond acceptors (Lipinski definition) is 3. The molecule has 3 nitrogen and oxygen atoms in total. The van der Waals surface area contributed by atoms with E-state index in [1.165, 1.54) is 7.11 Å². The fourth-order valence-electron chi connectivity index (χ4n) is 2.71. The Morgan fingerprint density at radius 2 is 2.25 bits per heavy atom. The van der Waals surface area contributed by atoms with E-state index in [0.29, 0.717) is 18.3 Å². The highest BCUT2D eigenvalue weighted by Gasteiger charge is 2.53. The van der Waals surface area contributed by atoms with E-state index in [2.05, 4.69) is 4.74 Å². The van der Waals surface area contributed by atoms with Crippen LogP contribution in [0.15, 0.2) is 0 Å². The minimum absolute atomic E-state index is 0.0867. The van der Waals surface area contributed by atoms with Gasteiger partial charge in [-0.25, -0.2) is 0 Å². The molecule has 0 aliphatic heterocycles. The van der Waals surface area contributed by atoms with E-state index < -0.39 is 0 Å². The number of methoxy groups -OCH3 is 1. The molecule has 68 valence electrons. The molecule has 0 aromatic heterocycles. The average Bonchev–Trinajstić information content (AvgIpc) is 2.40. The number of rotatable bonds is 2. The third-order valence-electron chi connectivity index (χ3n) is 3.33. The van der Waals surface area contributed by atoms with Gasteiger partial charge in [0.1, 0.15) is 0 Å². The van der Waals surface area contributed by atoms with Crippen molar-refractivity contribution in [2.45, 2.75) is 31.2 Å². The molecular formula is C9H15NO2. The number of carbonyl (C=O) groups is 1. The monoisotopic (exact) mass is 169 g/mol. The summed E-state index contributed by atoms with van der Waals surface area (Å²) in [5.41, 5.74) is 6.09. The van der Waals surface area contributed by atoms with Crippen molar-refractivity contribution < 1.29 is 9.53 Å². The molecular weight excluding hydrogens is 154 g/mol. The number of ether oxygens (including phenoxy) is 1. The third kappa shape index (κ3) is 1.12. The minimum Gasteiger partial charge on any atom is -0.469 e. The molecule has 3 fully saturated rings. The molecule has 0 radical (unpaired) electrons. The molecule has 3 heteroatoms. The lowest BCUT2D eigenvalue weighted by Gasteiger charge is -2.34. The first-order valence-corrected chi connectivity index (χ1v) is 4.49. The summed E-state index contributed by atoms with van der Waals surface area (Å²) < 4.78 is 4.63. The molecule has 0 amide bonds. The summed E-state index contributed by atoms with van der Waals surface area (Å²) in [7, 11) is 1.44. The predicted molar refractivity (Wildman–Crippen MR) is 44.4 cm³/mol. The third-order valence-corrected chi connectivity index (χ3v) is 3.33. The quantitative estimate of drug-likeness (QED) is 0.618. The van der Waals surface area contributed by atoms with Gasteiger partial charge in [0.15, 0.2) is 0 Å². The second kappa shape index (κ2) is 2.46. The van der Waals surface area contributed by atoms with Crippen molar-refractivity contribution in [3.8, 4) is 0 Å². The lowest BCUT2D eigenvalue weighted by molar-refractivity contribution is -0.141. The average molecular weight is 169 g/mol. The highest BCUT2D eigenvalue weighted by Crippen LogP contribution is 2.55. The molecule has 3 aliphatic carbocycles. The van der Waals surface area contributed by atoms with Crippen molar-refractivity contribution in [2.75, 3.05) is 7.11 Å². The van der Waals surface area contributed by atoms with Gasteiger partial charge < -0.3 is 10.5 Å². The maximum atomic E-state index is 11.0. The molecule has 0 heterocycles. The molecule has 2 bridgehead atoms. The van der Waals surface area contributed by atoms with E-state index in [9.17, 15) is 4.79 Å². The lowest BCUT2D eigenvalue weighted by atomic mass is 9.77. The Kier molecular flexibility index (Phi) is 1.65. The molecule has 1 unspecified atom stereocenters. The fraction of sp³-hybridized carbons (Fsp3) is 0.889. The van der Waals surface area contributed by atoms with Crippen LogP contribution in [0.5, 0.6) is 0 Å². The topological polar surface area (TPSA) is 52.3 Å². The molecule has 0 spiro atoms. The molecule has 0 aromatic rings. The van der Waals surface area contributed by atoms with Crippen LogP contribution in [0.2, 0.25) is 0 Å². The first kappa shape index (κ1) is 8.05.